The lowest BCUT2D eigenvalue weighted by atomic mass is 10.1. The van der Waals surface area contributed by atoms with Gasteiger partial charge in [0, 0.05) is 44.0 Å². The number of hydrogen-bond donors (Lipinski definition) is 1. The van der Waals surface area contributed by atoms with E-state index in [1.807, 2.05) is 24.3 Å². The van der Waals surface area contributed by atoms with Crippen molar-refractivity contribution in [3.05, 3.63) is 88.9 Å². The van der Waals surface area contributed by atoms with Gasteiger partial charge in [-0.25, -0.2) is 0 Å². The van der Waals surface area contributed by atoms with Crippen molar-refractivity contribution in [1.29, 1.82) is 0 Å². The second-order valence-corrected chi connectivity index (χ2v) is 7.99. The average molecular weight is 404 g/mol. The first-order valence-electron chi connectivity index (χ1n) is 10.5. The van der Waals surface area contributed by atoms with Crippen molar-refractivity contribution in [2.45, 2.75) is 26.9 Å². The van der Waals surface area contributed by atoms with E-state index >= 15 is 0 Å². The van der Waals surface area contributed by atoms with Crippen LogP contribution in [0.4, 0.5) is 5.69 Å². The Kier molecular flexibility index (Phi) is 6.19. The van der Waals surface area contributed by atoms with Gasteiger partial charge in [-0.3, -0.25) is 9.69 Å². The third kappa shape index (κ3) is 4.92. The Morgan fingerprint density at radius 1 is 0.967 bits per heavy atom. The molecule has 0 radical (unpaired) electrons. The zero-order chi connectivity index (χ0) is 20.9. The Labute approximate surface area is 178 Å². The first kappa shape index (κ1) is 20.2. The largest absolute Gasteiger partial charge is 0.467 e. The molecular formula is C25H29N3O2. The van der Waals surface area contributed by atoms with Crippen LogP contribution in [0.15, 0.2) is 65.3 Å². The number of nitrogens with one attached hydrogen (secondary N) is 1. The fraction of sp³-hybridized carbons (Fsp3) is 0.320. The standard InChI is InChI=1S/C25H29N3O2/c1-19-5-10-23(16-20(19)2)28-13-11-27(12-14-28)18-21-6-8-22(9-7-21)25(29)26-17-24-4-3-15-30-24/h3-10,15-16H,11-14,17-18H2,1-2H3,(H,26,29). The number of hydrogen-bond acceptors (Lipinski definition) is 4. The summed E-state index contributed by atoms with van der Waals surface area (Å²) in [6.07, 6.45) is 1.61. The molecule has 1 N–H and O–H groups in total. The molecule has 2 heterocycles. The number of anilines is 1. The normalized spacial score (nSPS) is 14.7. The van der Waals surface area contributed by atoms with Gasteiger partial charge in [-0.1, -0.05) is 18.2 Å². The molecule has 1 amide bonds. The summed E-state index contributed by atoms with van der Waals surface area (Å²) in [5, 5.41) is 2.88. The molecule has 156 valence electrons. The number of rotatable bonds is 6. The van der Waals surface area contributed by atoms with Gasteiger partial charge < -0.3 is 14.6 Å². The summed E-state index contributed by atoms with van der Waals surface area (Å²) in [5.41, 5.74) is 5.92. The topological polar surface area (TPSA) is 48.7 Å². The van der Waals surface area contributed by atoms with E-state index in [9.17, 15) is 4.79 Å². The maximum absolute atomic E-state index is 12.3. The summed E-state index contributed by atoms with van der Waals surface area (Å²) in [4.78, 5) is 17.2. The Hall–Kier alpha value is -3.05. The monoisotopic (exact) mass is 403 g/mol. The minimum atomic E-state index is -0.0834. The van der Waals surface area contributed by atoms with Crippen molar-refractivity contribution >= 4 is 11.6 Å². The van der Waals surface area contributed by atoms with Gasteiger partial charge in [0.05, 0.1) is 12.8 Å². The molecule has 1 fully saturated rings. The minimum Gasteiger partial charge on any atom is -0.467 e. The SMILES string of the molecule is Cc1ccc(N2CCN(Cc3ccc(C(=O)NCc4ccco4)cc3)CC2)cc1C. The predicted molar refractivity (Wildman–Crippen MR) is 120 cm³/mol. The molecule has 0 unspecified atom stereocenters. The molecule has 0 bridgehead atoms. The van der Waals surface area contributed by atoms with Gasteiger partial charge >= 0.3 is 0 Å². The predicted octanol–water partition coefficient (Wildman–Crippen LogP) is 4.15. The van der Waals surface area contributed by atoms with Crippen LogP contribution in [0.5, 0.6) is 0 Å². The highest BCUT2D eigenvalue weighted by molar-refractivity contribution is 5.94. The van der Waals surface area contributed by atoms with Crippen LogP contribution in [0.3, 0.4) is 0 Å². The molecule has 1 saturated heterocycles. The van der Waals surface area contributed by atoms with Crippen LogP contribution in [-0.4, -0.2) is 37.0 Å². The number of piperazine rings is 1. The van der Waals surface area contributed by atoms with Gasteiger partial charge in [0.25, 0.3) is 5.91 Å². The second kappa shape index (κ2) is 9.18. The Morgan fingerprint density at radius 2 is 1.73 bits per heavy atom. The minimum absolute atomic E-state index is 0.0834. The van der Waals surface area contributed by atoms with E-state index < -0.39 is 0 Å². The molecule has 30 heavy (non-hydrogen) atoms. The van der Waals surface area contributed by atoms with E-state index in [1.165, 1.54) is 22.4 Å². The Bertz CT molecular complexity index is 972. The van der Waals surface area contributed by atoms with Gasteiger partial charge in [-0.05, 0) is 66.9 Å². The summed E-state index contributed by atoms with van der Waals surface area (Å²) in [7, 11) is 0. The Balaban J connectivity index is 1.27. The number of carbonyl (C=O) groups excluding carboxylic acids is 1. The molecule has 5 nitrogen and oxygen atoms in total. The van der Waals surface area contributed by atoms with Gasteiger partial charge in [0.2, 0.25) is 0 Å². The second-order valence-electron chi connectivity index (χ2n) is 7.99. The van der Waals surface area contributed by atoms with Gasteiger partial charge in [0.15, 0.2) is 0 Å². The molecule has 4 rings (SSSR count). The molecule has 0 spiro atoms. The van der Waals surface area contributed by atoms with Crippen LogP contribution in [0.2, 0.25) is 0 Å². The van der Waals surface area contributed by atoms with E-state index in [4.69, 9.17) is 4.42 Å². The van der Waals surface area contributed by atoms with Crippen molar-refractivity contribution < 1.29 is 9.21 Å². The number of carbonyl (C=O) groups is 1. The molecule has 1 aliphatic rings. The number of furan rings is 1. The highest BCUT2D eigenvalue weighted by Gasteiger charge is 2.18. The van der Waals surface area contributed by atoms with Crippen molar-refractivity contribution in [3.8, 4) is 0 Å². The molecule has 0 aliphatic carbocycles. The summed E-state index contributed by atoms with van der Waals surface area (Å²) in [6.45, 7) is 9.80. The van der Waals surface area contributed by atoms with Crippen LogP contribution in [0, 0.1) is 13.8 Å². The van der Waals surface area contributed by atoms with E-state index in [1.54, 1.807) is 6.26 Å². The fourth-order valence-corrected chi connectivity index (χ4v) is 3.79. The third-order valence-corrected chi connectivity index (χ3v) is 5.85. The van der Waals surface area contributed by atoms with E-state index in [0.29, 0.717) is 12.1 Å². The lowest BCUT2D eigenvalue weighted by molar-refractivity contribution is 0.0948. The number of benzene rings is 2. The van der Waals surface area contributed by atoms with Crippen LogP contribution < -0.4 is 10.2 Å². The molecule has 5 heteroatoms. The average Bonchev–Trinajstić information content (AvgIpc) is 3.29. The third-order valence-electron chi connectivity index (χ3n) is 5.85. The van der Waals surface area contributed by atoms with Crippen molar-refractivity contribution in [2.24, 2.45) is 0 Å². The zero-order valence-electron chi connectivity index (χ0n) is 17.7. The summed E-state index contributed by atoms with van der Waals surface area (Å²) < 4.78 is 5.25. The highest BCUT2D eigenvalue weighted by Crippen LogP contribution is 2.21. The number of nitrogens with zero attached hydrogens (tertiary/aromatic N) is 2. The van der Waals surface area contributed by atoms with Gasteiger partial charge in [-0.15, -0.1) is 0 Å². The van der Waals surface area contributed by atoms with E-state index in [2.05, 4.69) is 59.3 Å². The molecular weight excluding hydrogens is 374 g/mol. The van der Waals surface area contributed by atoms with E-state index in [-0.39, 0.29) is 5.91 Å². The first-order chi connectivity index (χ1) is 14.6. The maximum atomic E-state index is 12.3. The van der Waals surface area contributed by atoms with Gasteiger partial charge in [-0.2, -0.15) is 0 Å². The Morgan fingerprint density at radius 3 is 2.40 bits per heavy atom. The van der Waals surface area contributed by atoms with Crippen molar-refractivity contribution in [3.63, 3.8) is 0 Å². The molecule has 1 aromatic heterocycles. The quantitative estimate of drug-likeness (QED) is 0.672. The molecule has 3 aromatic rings. The van der Waals surface area contributed by atoms with Gasteiger partial charge in [0.1, 0.15) is 5.76 Å². The van der Waals surface area contributed by atoms with Crippen LogP contribution in [0.1, 0.15) is 32.8 Å². The molecule has 1 aliphatic heterocycles. The smallest absolute Gasteiger partial charge is 0.251 e. The van der Waals surface area contributed by atoms with Crippen molar-refractivity contribution in [2.75, 3.05) is 31.1 Å². The van der Waals surface area contributed by atoms with Crippen molar-refractivity contribution in [1.82, 2.24) is 10.2 Å². The maximum Gasteiger partial charge on any atom is 0.251 e. The van der Waals surface area contributed by atoms with Crippen LogP contribution in [0.25, 0.3) is 0 Å². The van der Waals surface area contributed by atoms with Crippen LogP contribution >= 0.6 is 0 Å². The highest BCUT2D eigenvalue weighted by atomic mass is 16.3. The summed E-state index contributed by atoms with van der Waals surface area (Å²) in [6, 6.07) is 18.3. The summed E-state index contributed by atoms with van der Waals surface area (Å²) in [5.74, 6) is 0.667. The first-order valence-corrected chi connectivity index (χ1v) is 10.5. The zero-order valence-corrected chi connectivity index (χ0v) is 17.7. The number of aryl methyl sites for hydroxylation is 2. The molecule has 2 aromatic carbocycles. The van der Waals surface area contributed by atoms with E-state index in [0.717, 1.165) is 38.5 Å². The molecule has 0 saturated carbocycles. The molecule has 0 atom stereocenters. The number of amides is 1. The lowest BCUT2D eigenvalue weighted by Gasteiger charge is -2.36. The summed E-state index contributed by atoms with van der Waals surface area (Å²) >= 11 is 0. The fourth-order valence-electron chi connectivity index (χ4n) is 3.79. The lowest BCUT2D eigenvalue weighted by Crippen LogP contribution is -2.46. The van der Waals surface area contributed by atoms with Crippen LogP contribution in [-0.2, 0) is 13.1 Å².